The van der Waals surface area contributed by atoms with Gasteiger partial charge in [-0.15, -0.1) is 0 Å². The van der Waals surface area contributed by atoms with E-state index in [-0.39, 0.29) is 17.4 Å². The van der Waals surface area contributed by atoms with Gasteiger partial charge in [-0.2, -0.15) is 5.10 Å². The zero-order valence-electron chi connectivity index (χ0n) is 14.1. The lowest BCUT2D eigenvalue weighted by Gasteiger charge is -2.17. The number of hydrogen-bond donors (Lipinski definition) is 0. The summed E-state index contributed by atoms with van der Waals surface area (Å²) in [6.45, 7) is 1.80. The van der Waals surface area contributed by atoms with Crippen molar-refractivity contribution in [3.63, 3.8) is 0 Å². The van der Waals surface area contributed by atoms with Gasteiger partial charge in [-0.1, -0.05) is 6.07 Å². The molecule has 1 aromatic carbocycles. The summed E-state index contributed by atoms with van der Waals surface area (Å²) in [4.78, 5) is 18.3. The molecular weight excluding hydrogens is 323 g/mol. The van der Waals surface area contributed by atoms with Crippen LogP contribution in [0.2, 0.25) is 0 Å². The molecule has 3 rings (SSSR count). The predicted octanol–water partition coefficient (Wildman–Crippen LogP) is 3.00. The number of pyridine rings is 1. The first kappa shape index (κ1) is 16.6. The molecular formula is C18H17FN4O2. The van der Waals surface area contributed by atoms with E-state index in [1.54, 1.807) is 50.5 Å². The van der Waals surface area contributed by atoms with Crippen LogP contribution in [0.5, 0.6) is 5.88 Å². The third kappa shape index (κ3) is 3.21. The van der Waals surface area contributed by atoms with Crippen LogP contribution >= 0.6 is 0 Å². The summed E-state index contributed by atoms with van der Waals surface area (Å²) < 4.78 is 20.2. The fourth-order valence-electron chi connectivity index (χ4n) is 2.52. The normalized spacial score (nSPS) is 10.6. The van der Waals surface area contributed by atoms with Crippen LogP contribution < -0.4 is 9.64 Å². The van der Waals surface area contributed by atoms with Gasteiger partial charge in [-0.3, -0.25) is 4.79 Å². The van der Waals surface area contributed by atoms with E-state index in [2.05, 4.69) is 10.1 Å². The second-order valence-electron chi connectivity index (χ2n) is 5.46. The number of carbonyl (C=O) groups is 1. The molecule has 2 heterocycles. The highest BCUT2D eigenvalue weighted by atomic mass is 19.1. The van der Waals surface area contributed by atoms with Gasteiger partial charge in [-0.05, 0) is 43.3 Å². The summed E-state index contributed by atoms with van der Waals surface area (Å²) in [6.07, 6.45) is 1.59. The number of carbonyl (C=O) groups excluding carboxylic acids is 1. The molecule has 0 unspecified atom stereocenters. The zero-order chi connectivity index (χ0) is 18.0. The number of hydrogen-bond acceptors (Lipinski definition) is 4. The lowest BCUT2D eigenvalue weighted by atomic mass is 10.3. The fraction of sp³-hybridized carbons (Fsp3) is 0.167. The first-order chi connectivity index (χ1) is 12.0. The van der Waals surface area contributed by atoms with Crippen LogP contribution in [0.1, 0.15) is 16.2 Å². The molecule has 0 atom stereocenters. The van der Waals surface area contributed by atoms with Gasteiger partial charge in [0.2, 0.25) is 5.88 Å². The summed E-state index contributed by atoms with van der Waals surface area (Å²) in [5.74, 6) is -0.332. The van der Waals surface area contributed by atoms with E-state index < -0.39 is 0 Å². The van der Waals surface area contributed by atoms with Gasteiger partial charge in [0.1, 0.15) is 11.5 Å². The Balaban J connectivity index is 1.94. The maximum absolute atomic E-state index is 13.4. The van der Waals surface area contributed by atoms with Crippen LogP contribution in [0.4, 0.5) is 10.1 Å². The van der Waals surface area contributed by atoms with Gasteiger partial charge >= 0.3 is 0 Å². The van der Waals surface area contributed by atoms with Crippen molar-refractivity contribution in [2.24, 2.45) is 0 Å². The summed E-state index contributed by atoms with van der Waals surface area (Å²) in [5.41, 5.74) is 2.06. The zero-order valence-corrected chi connectivity index (χ0v) is 14.1. The molecule has 128 valence electrons. The van der Waals surface area contributed by atoms with E-state index in [4.69, 9.17) is 4.74 Å². The number of nitrogens with zero attached hydrogens (tertiary/aromatic N) is 4. The molecule has 3 aromatic rings. The Hall–Kier alpha value is -3.22. The van der Waals surface area contributed by atoms with Gasteiger partial charge < -0.3 is 9.64 Å². The van der Waals surface area contributed by atoms with E-state index in [1.165, 1.54) is 28.8 Å². The maximum atomic E-state index is 13.4. The van der Waals surface area contributed by atoms with Gasteiger partial charge in [-0.25, -0.2) is 14.1 Å². The number of halogens is 1. The van der Waals surface area contributed by atoms with Crippen molar-refractivity contribution in [2.75, 3.05) is 19.1 Å². The minimum absolute atomic E-state index is 0.246. The smallest absolute Gasteiger partial charge is 0.278 e. The fourth-order valence-corrected chi connectivity index (χ4v) is 2.52. The standard InChI is InChI=1S/C18H17FN4O2/c1-12-10-15(21-23(12)14-7-4-6-13(19)11-14)18(24)22(2)16-8-5-9-20-17(16)25-3/h4-11H,1-3H3. The molecule has 0 bridgehead atoms. The van der Waals surface area contributed by atoms with E-state index in [0.717, 1.165) is 5.69 Å². The number of aromatic nitrogens is 3. The SMILES string of the molecule is COc1ncccc1N(C)C(=O)c1cc(C)n(-c2cccc(F)c2)n1. The Morgan fingerprint density at radius 3 is 2.76 bits per heavy atom. The predicted molar refractivity (Wildman–Crippen MR) is 91.8 cm³/mol. The third-order valence-electron chi connectivity index (χ3n) is 3.77. The quantitative estimate of drug-likeness (QED) is 0.732. The summed E-state index contributed by atoms with van der Waals surface area (Å²) in [5, 5.41) is 4.32. The van der Waals surface area contributed by atoms with E-state index in [9.17, 15) is 9.18 Å². The molecule has 0 saturated carbocycles. The van der Waals surface area contributed by atoms with Gasteiger partial charge in [0.25, 0.3) is 5.91 Å². The topological polar surface area (TPSA) is 60.2 Å². The Kier molecular flexibility index (Phi) is 4.47. The highest BCUT2D eigenvalue weighted by Crippen LogP contribution is 2.25. The van der Waals surface area contributed by atoms with Gasteiger partial charge in [0.05, 0.1) is 12.8 Å². The Morgan fingerprint density at radius 2 is 2.04 bits per heavy atom. The Labute approximate surface area is 144 Å². The molecule has 6 nitrogen and oxygen atoms in total. The number of ether oxygens (including phenoxy) is 1. The minimum atomic E-state index is -0.363. The molecule has 25 heavy (non-hydrogen) atoms. The number of methoxy groups -OCH3 is 1. The maximum Gasteiger partial charge on any atom is 0.278 e. The second kappa shape index (κ2) is 6.72. The molecule has 0 fully saturated rings. The van der Waals surface area contributed by atoms with Crippen LogP contribution in [0, 0.1) is 12.7 Å². The molecule has 0 N–H and O–H groups in total. The van der Waals surface area contributed by atoms with Crippen LogP contribution in [-0.4, -0.2) is 34.8 Å². The van der Waals surface area contributed by atoms with Crippen LogP contribution in [0.25, 0.3) is 5.69 Å². The highest BCUT2D eigenvalue weighted by molar-refractivity contribution is 6.05. The number of aryl methyl sites for hydroxylation is 1. The monoisotopic (exact) mass is 340 g/mol. The largest absolute Gasteiger partial charge is 0.480 e. The van der Waals surface area contributed by atoms with Crippen molar-refractivity contribution < 1.29 is 13.9 Å². The summed E-state index contributed by atoms with van der Waals surface area (Å²) >= 11 is 0. The van der Waals surface area contributed by atoms with Crippen molar-refractivity contribution in [1.82, 2.24) is 14.8 Å². The molecule has 0 aliphatic heterocycles. The number of rotatable bonds is 4. The highest BCUT2D eigenvalue weighted by Gasteiger charge is 2.21. The lowest BCUT2D eigenvalue weighted by Crippen LogP contribution is -2.27. The molecule has 0 aliphatic rings. The third-order valence-corrected chi connectivity index (χ3v) is 3.77. The summed E-state index contributed by atoms with van der Waals surface area (Å²) in [7, 11) is 3.12. The molecule has 2 aromatic heterocycles. The van der Waals surface area contributed by atoms with Crippen LogP contribution in [0.3, 0.4) is 0 Å². The van der Waals surface area contributed by atoms with Crippen molar-refractivity contribution >= 4 is 11.6 Å². The van der Waals surface area contributed by atoms with Crippen LogP contribution in [0.15, 0.2) is 48.7 Å². The van der Waals surface area contributed by atoms with Crippen LogP contribution in [-0.2, 0) is 0 Å². The van der Waals surface area contributed by atoms with Crippen molar-refractivity contribution in [3.05, 3.63) is 65.9 Å². The number of anilines is 1. The van der Waals surface area contributed by atoms with Crippen molar-refractivity contribution in [3.8, 4) is 11.6 Å². The number of benzene rings is 1. The van der Waals surface area contributed by atoms with E-state index in [1.807, 2.05) is 0 Å². The molecule has 0 saturated heterocycles. The minimum Gasteiger partial charge on any atom is -0.480 e. The second-order valence-corrected chi connectivity index (χ2v) is 5.46. The molecule has 7 heteroatoms. The first-order valence-electron chi connectivity index (χ1n) is 7.61. The molecule has 0 radical (unpaired) electrons. The Morgan fingerprint density at radius 1 is 1.24 bits per heavy atom. The lowest BCUT2D eigenvalue weighted by molar-refractivity contribution is 0.0987. The van der Waals surface area contributed by atoms with Crippen molar-refractivity contribution in [2.45, 2.75) is 6.92 Å². The summed E-state index contributed by atoms with van der Waals surface area (Å²) in [6, 6.07) is 11.2. The average Bonchev–Trinajstić information content (AvgIpc) is 3.02. The number of amides is 1. The van der Waals surface area contributed by atoms with Crippen molar-refractivity contribution in [1.29, 1.82) is 0 Å². The molecule has 0 spiro atoms. The first-order valence-corrected chi connectivity index (χ1v) is 7.61. The van der Waals surface area contributed by atoms with E-state index >= 15 is 0 Å². The molecule has 1 amide bonds. The molecule has 0 aliphatic carbocycles. The van der Waals surface area contributed by atoms with Gasteiger partial charge in [0.15, 0.2) is 5.69 Å². The Bertz CT molecular complexity index is 923. The average molecular weight is 340 g/mol. The van der Waals surface area contributed by atoms with E-state index in [0.29, 0.717) is 17.3 Å². The van der Waals surface area contributed by atoms with Gasteiger partial charge in [0, 0.05) is 18.9 Å².